The van der Waals surface area contributed by atoms with Crippen molar-refractivity contribution in [1.29, 1.82) is 0 Å². The van der Waals surface area contributed by atoms with Gasteiger partial charge in [-0.05, 0) is 12.8 Å². The Balaban J connectivity index is 1.15. The first-order chi connectivity index (χ1) is 13.2. The molecule has 8 heteroatoms. The summed E-state index contributed by atoms with van der Waals surface area (Å²) >= 11 is 1.84. The topological polar surface area (TPSA) is 57.5 Å². The summed E-state index contributed by atoms with van der Waals surface area (Å²) in [4.78, 5) is 23.0. The van der Waals surface area contributed by atoms with Crippen molar-refractivity contribution in [3.05, 3.63) is 28.5 Å². The maximum atomic E-state index is 12.1. The predicted molar refractivity (Wildman–Crippen MR) is 105 cm³/mol. The van der Waals surface area contributed by atoms with Crippen molar-refractivity contribution in [3.63, 3.8) is 0 Å². The van der Waals surface area contributed by atoms with Crippen LogP contribution in [0, 0.1) is 0 Å². The minimum Gasteiger partial charge on any atom is -0.326 e. The molecule has 144 valence electrons. The van der Waals surface area contributed by atoms with E-state index in [4.69, 9.17) is 4.98 Å². The molecule has 0 spiro atoms. The molecule has 1 saturated carbocycles. The summed E-state index contributed by atoms with van der Waals surface area (Å²) in [6, 6.07) is 0.452. The molecule has 2 aliphatic heterocycles. The van der Waals surface area contributed by atoms with Gasteiger partial charge >= 0.3 is 6.03 Å². The molecule has 2 aromatic rings. The molecule has 1 aliphatic carbocycles. The van der Waals surface area contributed by atoms with Gasteiger partial charge in [-0.25, -0.2) is 9.78 Å². The smallest absolute Gasteiger partial charge is 0.324 e. The lowest BCUT2D eigenvalue weighted by Gasteiger charge is -2.38. The number of anilines is 1. The Kier molecular flexibility index (Phi) is 4.40. The van der Waals surface area contributed by atoms with Crippen molar-refractivity contribution in [3.8, 4) is 0 Å². The number of thiazole rings is 1. The molecule has 0 N–H and O–H groups in total. The van der Waals surface area contributed by atoms with Gasteiger partial charge in [-0.3, -0.25) is 14.5 Å². The second-order valence-electron chi connectivity index (χ2n) is 8.04. The van der Waals surface area contributed by atoms with Gasteiger partial charge < -0.3 is 4.90 Å². The van der Waals surface area contributed by atoms with Crippen molar-refractivity contribution in [2.75, 3.05) is 38.1 Å². The Labute approximate surface area is 163 Å². The van der Waals surface area contributed by atoms with Crippen molar-refractivity contribution in [2.45, 2.75) is 44.2 Å². The minimum atomic E-state index is 0.0615. The zero-order valence-corrected chi connectivity index (χ0v) is 16.6. The number of carbonyl (C=O) groups is 1. The third kappa shape index (κ3) is 3.25. The largest absolute Gasteiger partial charge is 0.326 e. The minimum absolute atomic E-state index is 0.0615. The fourth-order valence-electron chi connectivity index (χ4n) is 4.38. The van der Waals surface area contributed by atoms with E-state index in [0.717, 1.165) is 38.4 Å². The van der Waals surface area contributed by atoms with Crippen LogP contribution in [-0.4, -0.2) is 63.8 Å². The van der Waals surface area contributed by atoms with Crippen LogP contribution in [0.3, 0.4) is 0 Å². The molecule has 0 unspecified atom stereocenters. The third-order valence-corrected chi connectivity index (χ3v) is 7.14. The summed E-state index contributed by atoms with van der Waals surface area (Å²) in [6.45, 7) is 4.43. The van der Waals surface area contributed by atoms with Crippen LogP contribution >= 0.6 is 11.3 Å². The molecule has 0 atom stereocenters. The summed E-state index contributed by atoms with van der Waals surface area (Å²) in [5.74, 6) is 0.711. The molecule has 3 aliphatic rings. The molecule has 2 amide bonds. The number of carbonyl (C=O) groups excluding carboxylic acids is 1. The summed E-state index contributed by atoms with van der Waals surface area (Å²) in [6.07, 6.45) is 9.18. The number of hydrogen-bond acceptors (Lipinski definition) is 5. The first-order valence-electron chi connectivity index (χ1n) is 9.91. The van der Waals surface area contributed by atoms with E-state index in [1.54, 1.807) is 9.80 Å². The van der Waals surface area contributed by atoms with Crippen molar-refractivity contribution < 1.29 is 4.79 Å². The number of urea groups is 1. The molecule has 4 heterocycles. The lowest BCUT2D eigenvalue weighted by Crippen LogP contribution is -2.47. The van der Waals surface area contributed by atoms with Gasteiger partial charge in [0.1, 0.15) is 0 Å². The average Bonchev–Trinajstić information content (AvgIpc) is 3.40. The van der Waals surface area contributed by atoms with Crippen molar-refractivity contribution >= 4 is 23.1 Å². The summed E-state index contributed by atoms with van der Waals surface area (Å²) in [5.41, 5.74) is 2.12. The van der Waals surface area contributed by atoms with E-state index in [1.807, 2.05) is 35.5 Å². The fourth-order valence-corrected chi connectivity index (χ4v) is 5.36. The average molecular weight is 387 g/mol. The molecule has 7 nitrogen and oxygen atoms in total. The molecule has 0 aromatic carbocycles. The van der Waals surface area contributed by atoms with Crippen LogP contribution in [0.1, 0.15) is 48.3 Å². The molecule has 2 aromatic heterocycles. The quantitative estimate of drug-likeness (QED) is 0.793. The first kappa shape index (κ1) is 17.2. The van der Waals surface area contributed by atoms with Gasteiger partial charge in [0.25, 0.3) is 0 Å². The molecule has 27 heavy (non-hydrogen) atoms. The maximum absolute atomic E-state index is 12.1. The van der Waals surface area contributed by atoms with Crippen LogP contribution in [0.5, 0.6) is 0 Å². The second-order valence-corrected chi connectivity index (χ2v) is 8.93. The summed E-state index contributed by atoms with van der Waals surface area (Å²) in [5, 5.41) is 8.09. The highest BCUT2D eigenvalue weighted by atomic mass is 32.1. The maximum Gasteiger partial charge on any atom is 0.324 e. The standard InChI is InChI=1S/C19H26N6OS/c1-22-6-7-24(19(22)26)16-8-20-25(12-16)17-10-23(11-17)9-15-13-27-18(21-15)14-4-2-3-5-14/h8,12-14,17H,2-7,9-11H2,1H3. The lowest BCUT2D eigenvalue weighted by atomic mass is 10.1. The van der Waals surface area contributed by atoms with E-state index in [-0.39, 0.29) is 6.03 Å². The van der Waals surface area contributed by atoms with Gasteiger partial charge in [-0.15, -0.1) is 11.3 Å². The van der Waals surface area contributed by atoms with Crippen LogP contribution < -0.4 is 4.90 Å². The molecule has 0 radical (unpaired) electrons. The van der Waals surface area contributed by atoms with Crippen molar-refractivity contribution in [2.24, 2.45) is 0 Å². The van der Waals surface area contributed by atoms with Crippen LogP contribution in [-0.2, 0) is 6.54 Å². The Bertz CT molecular complexity index is 820. The Morgan fingerprint density at radius 1 is 1.22 bits per heavy atom. The van der Waals surface area contributed by atoms with Gasteiger partial charge in [-0.1, -0.05) is 12.8 Å². The molecule has 3 fully saturated rings. The second kappa shape index (κ2) is 6.91. The van der Waals surface area contributed by atoms with E-state index in [0.29, 0.717) is 12.0 Å². The van der Waals surface area contributed by atoms with E-state index < -0.39 is 0 Å². The number of likely N-dealkylation sites (N-methyl/N-ethyl adjacent to an activating group) is 1. The predicted octanol–water partition coefficient (Wildman–Crippen LogP) is 2.93. The summed E-state index contributed by atoms with van der Waals surface area (Å²) in [7, 11) is 1.84. The Morgan fingerprint density at radius 2 is 2.04 bits per heavy atom. The van der Waals surface area contributed by atoms with Gasteiger partial charge in [0.05, 0.1) is 28.6 Å². The molecular weight excluding hydrogens is 360 g/mol. The number of aromatic nitrogens is 3. The normalized spacial score (nSPS) is 22.2. The number of hydrogen-bond donors (Lipinski definition) is 0. The highest BCUT2D eigenvalue weighted by molar-refractivity contribution is 7.09. The first-order valence-corrected chi connectivity index (χ1v) is 10.8. The van der Waals surface area contributed by atoms with Gasteiger partial charge in [0.2, 0.25) is 0 Å². The Morgan fingerprint density at radius 3 is 2.78 bits per heavy atom. The number of rotatable bonds is 5. The van der Waals surface area contributed by atoms with Gasteiger partial charge in [0.15, 0.2) is 0 Å². The Hall–Kier alpha value is -1.93. The van der Waals surface area contributed by atoms with E-state index >= 15 is 0 Å². The van der Waals surface area contributed by atoms with Crippen LogP contribution in [0.15, 0.2) is 17.8 Å². The zero-order valence-electron chi connectivity index (χ0n) is 15.8. The number of amides is 2. The van der Waals surface area contributed by atoms with Crippen LogP contribution in [0.4, 0.5) is 10.5 Å². The molecule has 2 saturated heterocycles. The number of nitrogens with zero attached hydrogens (tertiary/aromatic N) is 6. The molecule has 0 bridgehead atoms. The summed E-state index contributed by atoms with van der Waals surface area (Å²) < 4.78 is 2.02. The SMILES string of the molecule is CN1CCN(c2cnn(C3CN(Cc4csc(C5CCCC5)n4)C3)c2)C1=O. The van der Waals surface area contributed by atoms with E-state index in [9.17, 15) is 4.79 Å². The third-order valence-electron chi connectivity index (χ3n) is 6.09. The van der Waals surface area contributed by atoms with Crippen LogP contribution in [0.2, 0.25) is 0 Å². The number of likely N-dealkylation sites (tertiary alicyclic amines) is 1. The zero-order chi connectivity index (χ0) is 18.4. The lowest BCUT2D eigenvalue weighted by molar-refractivity contribution is 0.0897. The van der Waals surface area contributed by atoms with Gasteiger partial charge in [-0.2, -0.15) is 5.10 Å². The highest BCUT2D eigenvalue weighted by Gasteiger charge is 2.32. The molecule has 5 rings (SSSR count). The van der Waals surface area contributed by atoms with Crippen molar-refractivity contribution in [1.82, 2.24) is 24.6 Å². The van der Waals surface area contributed by atoms with E-state index in [1.165, 1.54) is 36.4 Å². The van der Waals surface area contributed by atoms with E-state index in [2.05, 4.69) is 15.4 Å². The van der Waals surface area contributed by atoms with Crippen LogP contribution in [0.25, 0.3) is 0 Å². The monoisotopic (exact) mass is 386 g/mol. The van der Waals surface area contributed by atoms with Gasteiger partial charge in [0, 0.05) is 57.3 Å². The highest BCUT2D eigenvalue weighted by Crippen LogP contribution is 2.36. The molecular formula is C19H26N6OS. The fraction of sp³-hybridized carbons (Fsp3) is 0.632.